The van der Waals surface area contributed by atoms with E-state index in [1.807, 2.05) is 13.8 Å². The molecule has 0 radical (unpaired) electrons. The number of rotatable bonds is 5. The molecule has 0 heterocycles. The number of hydrogen-bond donors (Lipinski definition) is 1. The minimum Gasteiger partial charge on any atom is -0.426 e. The molecule has 0 aliphatic rings. The Morgan fingerprint density at radius 3 is 2.67 bits per heavy atom. The van der Waals surface area contributed by atoms with Gasteiger partial charge in [-0.25, -0.2) is 0 Å². The number of amides is 1. The third-order valence-corrected chi connectivity index (χ3v) is 2.23. The maximum Gasteiger partial charge on any atom is 0.310 e. The van der Waals surface area contributed by atoms with Gasteiger partial charge in [-0.15, -0.1) is 0 Å². The van der Waals surface area contributed by atoms with Crippen LogP contribution in [0, 0.1) is 5.92 Å². The van der Waals surface area contributed by atoms with Crippen LogP contribution in [0.1, 0.15) is 33.6 Å². The maximum atomic E-state index is 11.6. The Bertz CT molecular complexity index is 427. The Kier molecular flexibility index (Phi) is 5.36. The van der Waals surface area contributed by atoms with Gasteiger partial charge in [-0.3, -0.25) is 9.59 Å². The van der Waals surface area contributed by atoms with Gasteiger partial charge in [0.25, 0.3) is 0 Å². The molecule has 0 aliphatic carbocycles. The fourth-order valence-corrected chi connectivity index (χ4v) is 1.42. The standard InChI is InChI=1S/C14H19NO3/c1-4-14(17)18-12-7-5-6-11(9-12)15-13(16)8-10(2)3/h5-7,9-10H,4,8H2,1-3H3,(H,15,16). The zero-order valence-corrected chi connectivity index (χ0v) is 11.0. The summed E-state index contributed by atoms with van der Waals surface area (Å²) in [4.78, 5) is 22.7. The molecule has 0 unspecified atom stereocenters. The number of carbonyl (C=O) groups is 2. The van der Waals surface area contributed by atoms with Crippen LogP contribution in [0.3, 0.4) is 0 Å². The van der Waals surface area contributed by atoms with Crippen LogP contribution >= 0.6 is 0 Å². The van der Waals surface area contributed by atoms with Crippen molar-refractivity contribution < 1.29 is 14.3 Å². The minimum absolute atomic E-state index is 0.0380. The van der Waals surface area contributed by atoms with Gasteiger partial charge >= 0.3 is 5.97 Å². The van der Waals surface area contributed by atoms with Gasteiger partial charge in [-0.1, -0.05) is 26.8 Å². The highest BCUT2D eigenvalue weighted by Crippen LogP contribution is 2.18. The molecule has 1 amide bonds. The third kappa shape index (κ3) is 4.99. The Labute approximate surface area is 107 Å². The van der Waals surface area contributed by atoms with Crippen LogP contribution in [0.4, 0.5) is 5.69 Å². The number of hydrogen-bond acceptors (Lipinski definition) is 3. The molecule has 0 saturated heterocycles. The number of anilines is 1. The Hall–Kier alpha value is -1.84. The highest BCUT2D eigenvalue weighted by atomic mass is 16.5. The zero-order valence-electron chi connectivity index (χ0n) is 11.0. The first-order valence-electron chi connectivity index (χ1n) is 6.12. The lowest BCUT2D eigenvalue weighted by Crippen LogP contribution is -2.14. The number of carbonyl (C=O) groups excluding carboxylic acids is 2. The highest BCUT2D eigenvalue weighted by molar-refractivity contribution is 5.91. The molecule has 1 aromatic carbocycles. The molecule has 1 aromatic rings. The van der Waals surface area contributed by atoms with Crippen LogP contribution in [0.15, 0.2) is 24.3 Å². The Morgan fingerprint density at radius 1 is 1.33 bits per heavy atom. The van der Waals surface area contributed by atoms with Crippen LogP contribution in [-0.4, -0.2) is 11.9 Å². The van der Waals surface area contributed by atoms with E-state index in [0.29, 0.717) is 30.2 Å². The fourth-order valence-electron chi connectivity index (χ4n) is 1.42. The summed E-state index contributed by atoms with van der Waals surface area (Å²) >= 11 is 0. The SMILES string of the molecule is CCC(=O)Oc1cccc(NC(=O)CC(C)C)c1. The predicted molar refractivity (Wildman–Crippen MR) is 70.5 cm³/mol. The van der Waals surface area contributed by atoms with E-state index in [0.717, 1.165) is 0 Å². The summed E-state index contributed by atoms with van der Waals surface area (Å²) in [6.07, 6.45) is 0.795. The van der Waals surface area contributed by atoms with E-state index in [9.17, 15) is 9.59 Å². The first-order chi connectivity index (χ1) is 8.51. The summed E-state index contributed by atoms with van der Waals surface area (Å²) in [6.45, 7) is 5.70. The summed E-state index contributed by atoms with van der Waals surface area (Å²) in [5.74, 6) is 0.430. The van der Waals surface area contributed by atoms with E-state index < -0.39 is 0 Å². The molecule has 0 atom stereocenters. The average molecular weight is 249 g/mol. The molecule has 1 rings (SSSR count). The molecule has 4 heteroatoms. The Balaban J connectivity index is 2.64. The highest BCUT2D eigenvalue weighted by Gasteiger charge is 2.07. The molecule has 0 fully saturated rings. The Morgan fingerprint density at radius 2 is 2.06 bits per heavy atom. The summed E-state index contributed by atoms with van der Waals surface area (Å²) < 4.78 is 5.08. The van der Waals surface area contributed by atoms with Gasteiger partial charge in [0.15, 0.2) is 0 Å². The molecule has 0 aromatic heterocycles. The summed E-state index contributed by atoms with van der Waals surface area (Å²) in [5, 5.41) is 2.77. The minimum atomic E-state index is -0.291. The molecular formula is C14H19NO3. The topological polar surface area (TPSA) is 55.4 Å². The van der Waals surface area contributed by atoms with Crippen LogP contribution in [0.2, 0.25) is 0 Å². The molecule has 1 N–H and O–H groups in total. The van der Waals surface area contributed by atoms with E-state index in [2.05, 4.69) is 5.32 Å². The van der Waals surface area contributed by atoms with Gasteiger partial charge in [0.2, 0.25) is 5.91 Å². The molecule has 0 aliphatic heterocycles. The van der Waals surface area contributed by atoms with E-state index in [1.165, 1.54) is 0 Å². The normalized spacial score (nSPS) is 10.2. The second-order valence-corrected chi connectivity index (χ2v) is 4.50. The molecule has 18 heavy (non-hydrogen) atoms. The third-order valence-electron chi connectivity index (χ3n) is 2.23. The number of nitrogens with one attached hydrogen (secondary N) is 1. The van der Waals surface area contributed by atoms with Gasteiger partial charge in [0.05, 0.1) is 0 Å². The lowest BCUT2D eigenvalue weighted by Gasteiger charge is -2.08. The van der Waals surface area contributed by atoms with E-state index in [-0.39, 0.29) is 11.9 Å². The van der Waals surface area contributed by atoms with Gasteiger partial charge in [0.1, 0.15) is 5.75 Å². The van der Waals surface area contributed by atoms with Crippen molar-refractivity contribution in [1.82, 2.24) is 0 Å². The van der Waals surface area contributed by atoms with E-state index >= 15 is 0 Å². The van der Waals surface area contributed by atoms with Crippen molar-refractivity contribution in [2.24, 2.45) is 5.92 Å². The van der Waals surface area contributed by atoms with Crippen molar-refractivity contribution in [2.45, 2.75) is 33.6 Å². The van der Waals surface area contributed by atoms with Gasteiger partial charge < -0.3 is 10.1 Å². The summed E-state index contributed by atoms with van der Waals surface area (Å²) in [6, 6.07) is 6.84. The molecule has 98 valence electrons. The smallest absolute Gasteiger partial charge is 0.310 e. The zero-order chi connectivity index (χ0) is 13.5. The molecule has 0 bridgehead atoms. The quantitative estimate of drug-likeness (QED) is 0.644. The predicted octanol–water partition coefficient (Wildman–Crippen LogP) is 2.99. The molecular weight excluding hydrogens is 230 g/mol. The lowest BCUT2D eigenvalue weighted by atomic mass is 10.1. The fraction of sp³-hybridized carbons (Fsp3) is 0.429. The lowest BCUT2D eigenvalue weighted by molar-refractivity contribution is -0.134. The first kappa shape index (κ1) is 14.2. The summed E-state index contributed by atoms with van der Waals surface area (Å²) in [5.41, 5.74) is 0.641. The largest absolute Gasteiger partial charge is 0.426 e. The number of ether oxygens (including phenoxy) is 1. The first-order valence-corrected chi connectivity index (χ1v) is 6.12. The van der Waals surface area contributed by atoms with E-state index in [4.69, 9.17) is 4.74 Å². The van der Waals surface area contributed by atoms with Crippen molar-refractivity contribution in [3.8, 4) is 5.75 Å². The van der Waals surface area contributed by atoms with Crippen molar-refractivity contribution in [1.29, 1.82) is 0 Å². The second-order valence-electron chi connectivity index (χ2n) is 4.50. The second kappa shape index (κ2) is 6.79. The number of benzene rings is 1. The van der Waals surface area contributed by atoms with Gasteiger partial charge in [-0.05, 0) is 18.1 Å². The van der Waals surface area contributed by atoms with Crippen molar-refractivity contribution in [3.63, 3.8) is 0 Å². The molecule has 0 spiro atoms. The van der Waals surface area contributed by atoms with Crippen molar-refractivity contribution in [2.75, 3.05) is 5.32 Å². The van der Waals surface area contributed by atoms with Crippen LogP contribution in [-0.2, 0) is 9.59 Å². The molecule has 0 saturated carbocycles. The van der Waals surface area contributed by atoms with Crippen LogP contribution in [0.5, 0.6) is 5.75 Å². The maximum absolute atomic E-state index is 11.6. The van der Waals surface area contributed by atoms with Crippen molar-refractivity contribution in [3.05, 3.63) is 24.3 Å². The number of esters is 1. The average Bonchev–Trinajstić information content (AvgIpc) is 2.28. The van der Waals surface area contributed by atoms with Crippen molar-refractivity contribution >= 4 is 17.6 Å². The van der Waals surface area contributed by atoms with E-state index in [1.54, 1.807) is 31.2 Å². The van der Waals surface area contributed by atoms with Crippen LogP contribution < -0.4 is 10.1 Å². The van der Waals surface area contributed by atoms with Gasteiger partial charge in [-0.2, -0.15) is 0 Å². The van der Waals surface area contributed by atoms with Crippen LogP contribution in [0.25, 0.3) is 0 Å². The monoisotopic (exact) mass is 249 g/mol. The van der Waals surface area contributed by atoms with Gasteiger partial charge in [0, 0.05) is 24.6 Å². The molecule has 4 nitrogen and oxygen atoms in total. The summed E-state index contributed by atoms with van der Waals surface area (Å²) in [7, 11) is 0.